The zero-order chi connectivity index (χ0) is 21.5. The van der Waals surface area contributed by atoms with Gasteiger partial charge in [-0.2, -0.15) is 0 Å². The first kappa shape index (κ1) is 21.4. The fourth-order valence-electron chi connectivity index (χ4n) is 3.45. The van der Waals surface area contributed by atoms with Crippen molar-refractivity contribution in [3.63, 3.8) is 0 Å². The highest BCUT2D eigenvalue weighted by Crippen LogP contribution is 2.28. The van der Waals surface area contributed by atoms with Gasteiger partial charge < -0.3 is 19.3 Å². The Morgan fingerprint density at radius 2 is 1.70 bits per heavy atom. The van der Waals surface area contributed by atoms with Crippen LogP contribution in [-0.2, 0) is 4.79 Å². The van der Waals surface area contributed by atoms with E-state index < -0.39 is 0 Å². The molecule has 1 aliphatic rings. The highest BCUT2D eigenvalue weighted by atomic mass is 16.5. The number of amides is 1. The molecule has 0 radical (unpaired) electrons. The molecule has 0 aliphatic carbocycles. The van der Waals surface area contributed by atoms with Crippen molar-refractivity contribution in [3.8, 4) is 11.5 Å². The van der Waals surface area contributed by atoms with Gasteiger partial charge in [-0.25, -0.2) is 0 Å². The lowest BCUT2D eigenvalue weighted by Gasteiger charge is -2.36. The summed E-state index contributed by atoms with van der Waals surface area (Å²) >= 11 is 0. The topological polar surface area (TPSA) is 59.1 Å². The third-order valence-electron chi connectivity index (χ3n) is 5.17. The van der Waals surface area contributed by atoms with Gasteiger partial charge in [-0.3, -0.25) is 9.59 Å². The number of methoxy groups -OCH3 is 1. The van der Waals surface area contributed by atoms with Gasteiger partial charge in [-0.1, -0.05) is 18.2 Å². The number of ketones is 1. The summed E-state index contributed by atoms with van der Waals surface area (Å²) in [5.74, 6) is 1.19. The molecule has 1 amide bonds. The number of hydrogen-bond acceptors (Lipinski definition) is 5. The highest BCUT2D eigenvalue weighted by molar-refractivity contribution is 5.94. The highest BCUT2D eigenvalue weighted by Gasteiger charge is 2.22. The second-order valence-electron chi connectivity index (χ2n) is 7.17. The van der Waals surface area contributed by atoms with Gasteiger partial charge in [0, 0.05) is 37.4 Å². The zero-order valence-corrected chi connectivity index (χ0v) is 17.8. The molecule has 0 bridgehead atoms. The minimum atomic E-state index is -0.0406. The van der Waals surface area contributed by atoms with Crippen LogP contribution in [0, 0.1) is 0 Å². The maximum absolute atomic E-state index is 12.6. The molecule has 0 unspecified atom stereocenters. The van der Waals surface area contributed by atoms with E-state index in [4.69, 9.17) is 9.47 Å². The van der Waals surface area contributed by atoms with E-state index in [0.717, 1.165) is 24.3 Å². The predicted molar refractivity (Wildman–Crippen MR) is 118 cm³/mol. The lowest BCUT2D eigenvalue weighted by Crippen LogP contribution is -2.50. The van der Waals surface area contributed by atoms with Crippen LogP contribution < -0.4 is 14.4 Å². The van der Waals surface area contributed by atoms with Crippen LogP contribution in [0.3, 0.4) is 0 Å². The molecule has 30 heavy (non-hydrogen) atoms. The number of nitrogens with zero attached hydrogens (tertiary/aromatic N) is 2. The summed E-state index contributed by atoms with van der Waals surface area (Å²) in [4.78, 5) is 28.1. The smallest absolute Gasteiger partial charge is 0.260 e. The number of carbonyl (C=O) groups is 2. The Kier molecular flexibility index (Phi) is 7.12. The van der Waals surface area contributed by atoms with Gasteiger partial charge in [0.25, 0.3) is 5.91 Å². The molecule has 0 atom stereocenters. The number of allylic oxidation sites excluding steroid dienone is 1. The molecule has 1 fully saturated rings. The van der Waals surface area contributed by atoms with Gasteiger partial charge in [0.1, 0.15) is 0 Å². The minimum absolute atomic E-state index is 0.0212. The Bertz CT molecular complexity index is 913. The van der Waals surface area contributed by atoms with E-state index in [9.17, 15) is 9.59 Å². The first-order valence-corrected chi connectivity index (χ1v) is 10.1. The summed E-state index contributed by atoms with van der Waals surface area (Å²) in [5.41, 5.74) is 2.79. The molecule has 6 heteroatoms. The van der Waals surface area contributed by atoms with E-state index in [2.05, 4.69) is 4.90 Å². The normalized spacial score (nSPS) is 14.1. The van der Waals surface area contributed by atoms with Crippen molar-refractivity contribution in [2.45, 2.75) is 13.8 Å². The average Bonchev–Trinajstić information content (AvgIpc) is 2.78. The lowest BCUT2D eigenvalue weighted by molar-refractivity contribution is -0.133. The van der Waals surface area contributed by atoms with Gasteiger partial charge in [0.2, 0.25) is 0 Å². The Morgan fingerprint density at radius 1 is 1.00 bits per heavy atom. The van der Waals surface area contributed by atoms with Crippen LogP contribution in [-0.4, -0.2) is 56.5 Å². The van der Waals surface area contributed by atoms with Gasteiger partial charge >= 0.3 is 0 Å². The van der Waals surface area contributed by atoms with Crippen LogP contribution in [0.2, 0.25) is 0 Å². The molecule has 3 rings (SSSR count). The quantitative estimate of drug-likeness (QED) is 0.655. The molecular weight excluding hydrogens is 380 g/mol. The zero-order valence-electron chi connectivity index (χ0n) is 17.8. The van der Waals surface area contributed by atoms with Crippen molar-refractivity contribution in [2.75, 3.05) is 44.8 Å². The third-order valence-corrected chi connectivity index (χ3v) is 5.17. The number of anilines is 1. The van der Waals surface area contributed by atoms with Gasteiger partial charge in [-0.05, 0) is 55.8 Å². The molecule has 1 saturated heterocycles. The molecule has 0 aromatic heterocycles. The van der Waals surface area contributed by atoms with E-state index in [1.807, 2.05) is 66.4 Å². The largest absolute Gasteiger partial charge is 0.493 e. The Balaban J connectivity index is 1.52. The van der Waals surface area contributed by atoms with Crippen LogP contribution in [0.15, 0.2) is 48.5 Å². The van der Waals surface area contributed by atoms with Crippen LogP contribution in [0.25, 0.3) is 6.08 Å². The van der Waals surface area contributed by atoms with Crippen LogP contribution in [0.5, 0.6) is 11.5 Å². The molecule has 1 aliphatic heterocycles. The Hall–Kier alpha value is -3.28. The second kappa shape index (κ2) is 9.96. The third kappa shape index (κ3) is 5.20. The number of hydrogen-bond donors (Lipinski definition) is 0. The summed E-state index contributed by atoms with van der Waals surface area (Å²) in [6, 6.07) is 13.2. The van der Waals surface area contributed by atoms with Crippen LogP contribution in [0.1, 0.15) is 29.8 Å². The van der Waals surface area contributed by atoms with Crippen molar-refractivity contribution in [2.24, 2.45) is 0 Å². The first-order valence-electron chi connectivity index (χ1n) is 10.1. The summed E-state index contributed by atoms with van der Waals surface area (Å²) < 4.78 is 11.1. The Labute approximate surface area is 177 Å². The predicted octanol–water partition coefficient (Wildman–Crippen LogP) is 3.66. The summed E-state index contributed by atoms with van der Waals surface area (Å²) in [6.07, 6.45) is 3.93. The minimum Gasteiger partial charge on any atom is -0.493 e. The Morgan fingerprint density at radius 3 is 2.30 bits per heavy atom. The van der Waals surface area contributed by atoms with Crippen LogP contribution >= 0.6 is 0 Å². The molecule has 6 nitrogen and oxygen atoms in total. The maximum Gasteiger partial charge on any atom is 0.260 e. The van der Waals surface area contributed by atoms with Gasteiger partial charge in [0.15, 0.2) is 23.9 Å². The van der Waals surface area contributed by atoms with Crippen molar-refractivity contribution in [1.82, 2.24) is 4.90 Å². The fourth-order valence-corrected chi connectivity index (χ4v) is 3.45. The molecule has 0 N–H and O–H groups in total. The SMILES string of the molecule is C/C=C\c1ccc(OCC(=O)N2CCN(c3ccc(C(C)=O)cc3)CC2)c(OC)c1. The van der Waals surface area contributed by atoms with E-state index in [1.165, 1.54) is 0 Å². The molecule has 1 heterocycles. The number of carbonyl (C=O) groups excluding carboxylic acids is 2. The number of benzene rings is 2. The number of ether oxygens (including phenoxy) is 2. The molecule has 158 valence electrons. The average molecular weight is 408 g/mol. The molecule has 2 aromatic carbocycles. The van der Waals surface area contributed by atoms with E-state index >= 15 is 0 Å². The number of piperazine rings is 1. The number of rotatable bonds is 7. The van der Waals surface area contributed by atoms with Crippen LogP contribution in [0.4, 0.5) is 5.69 Å². The summed E-state index contributed by atoms with van der Waals surface area (Å²) in [6.45, 7) is 6.25. The second-order valence-corrected chi connectivity index (χ2v) is 7.17. The maximum atomic E-state index is 12.6. The fraction of sp³-hybridized carbons (Fsp3) is 0.333. The lowest BCUT2D eigenvalue weighted by atomic mass is 10.1. The monoisotopic (exact) mass is 408 g/mol. The first-order chi connectivity index (χ1) is 14.5. The van der Waals surface area contributed by atoms with Crippen molar-refractivity contribution in [1.29, 1.82) is 0 Å². The molecule has 2 aromatic rings. The summed E-state index contributed by atoms with van der Waals surface area (Å²) in [5, 5.41) is 0. The van der Waals surface area contributed by atoms with E-state index in [-0.39, 0.29) is 18.3 Å². The van der Waals surface area contributed by atoms with Crippen molar-refractivity contribution in [3.05, 3.63) is 59.7 Å². The van der Waals surface area contributed by atoms with E-state index in [1.54, 1.807) is 14.0 Å². The molecule has 0 spiro atoms. The standard InChI is InChI=1S/C24H28N2O4/c1-4-5-19-6-11-22(23(16-19)29-3)30-17-24(28)26-14-12-25(13-15-26)21-9-7-20(8-10-21)18(2)27/h4-11,16H,12-15,17H2,1-3H3/b5-4-. The van der Waals surface area contributed by atoms with E-state index in [0.29, 0.717) is 30.2 Å². The van der Waals surface area contributed by atoms with Crippen molar-refractivity contribution < 1.29 is 19.1 Å². The molecular formula is C24H28N2O4. The molecule has 0 saturated carbocycles. The van der Waals surface area contributed by atoms with Gasteiger partial charge in [-0.15, -0.1) is 0 Å². The van der Waals surface area contributed by atoms with Crippen molar-refractivity contribution >= 4 is 23.5 Å². The number of Topliss-reactive ketones (excluding diaryl/α,β-unsaturated/α-hetero) is 1. The van der Waals surface area contributed by atoms with Gasteiger partial charge in [0.05, 0.1) is 7.11 Å². The summed E-state index contributed by atoms with van der Waals surface area (Å²) in [7, 11) is 1.59.